The molecule has 0 spiro atoms. The van der Waals surface area contributed by atoms with Crippen LogP contribution < -0.4 is 16.2 Å². The van der Waals surface area contributed by atoms with Crippen molar-refractivity contribution in [2.24, 2.45) is 0 Å². The predicted octanol–water partition coefficient (Wildman–Crippen LogP) is 3.49. The van der Waals surface area contributed by atoms with Crippen LogP contribution in [0.2, 0.25) is 0 Å². The number of anilines is 1. The Kier molecular flexibility index (Phi) is 3.81. The minimum absolute atomic E-state index is 0.0696. The molecule has 3 aromatic rings. The molecule has 3 heterocycles. The summed E-state index contributed by atoms with van der Waals surface area (Å²) in [4.78, 5) is 33.2. The van der Waals surface area contributed by atoms with Crippen LogP contribution in [0.1, 0.15) is 61.7 Å². The molecule has 5 rings (SSSR count). The number of benzene rings is 1. The number of carbonyl (C=O) groups is 1. The second-order valence-corrected chi connectivity index (χ2v) is 8.16. The van der Waals surface area contributed by atoms with Gasteiger partial charge in [-0.2, -0.15) is 0 Å². The maximum atomic E-state index is 15.0. The highest BCUT2D eigenvalue weighted by Crippen LogP contribution is 2.38. The van der Waals surface area contributed by atoms with E-state index < -0.39 is 5.82 Å². The van der Waals surface area contributed by atoms with Crippen molar-refractivity contribution in [1.82, 2.24) is 19.9 Å². The van der Waals surface area contributed by atoms with Gasteiger partial charge in [-0.25, -0.2) is 9.37 Å². The molecule has 1 saturated carbocycles. The Morgan fingerprint density at radius 1 is 1.28 bits per heavy atom. The molecule has 1 fully saturated rings. The van der Waals surface area contributed by atoms with Crippen LogP contribution in [-0.2, 0) is 0 Å². The number of rotatable bonds is 4. The molecule has 7 nitrogen and oxygen atoms in total. The van der Waals surface area contributed by atoms with E-state index in [1.54, 1.807) is 10.6 Å². The second-order valence-electron chi connectivity index (χ2n) is 8.16. The minimum Gasteiger partial charge on any atom is -0.356 e. The lowest BCUT2D eigenvalue weighted by Crippen LogP contribution is -2.27. The molecule has 1 aliphatic carbocycles. The fraction of sp³-hybridized carbons (Fsp3) is 0.381. The van der Waals surface area contributed by atoms with Gasteiger partial charge in [-0.05, 0) is 51.8 Å². The van der Waals surface area contributed by atoms with Gasteiger partial charge in [0.15, 0.2) is 0 Å². The van der Waals surface area contributed by atoms with Gasteiger partial charge >= 0.3 is 0 Å². The topological polar surface area (TPSA) is 91.8 Å². The highest BCUT2D eigenvalue weighted by atomic mass is 19.1. The van der Waals surface area contributed by atoms with Gasteiger partial charge in [-0.1, -0.05) is 0 Å². The fourth-order valence-electron chi connectivity index (χ4n) is 4.01. The molecule has 0 bridgehead atoms. The molecule has 0 saturated heterocycles. The summed E-state index contributed by atoms with van der Waals surface area (Å²) in [6.45, 7) is 5.80. The third kappa shape index (κ3) is 2.73. The van der Waals surface area contributed by atoms with E-state index in [1.807, 2.05) is 20.8 Å². The van der Waals surface area contributed by atoms with Crippen LogP contribution in [0.4, 0.5) is 10.3 Å². The van der Waals surface area contributed by atoms with Gasteiger partial charge in [0.1, 0.15) is 5.82 Å². The first-order valence-corrected chi connectivity index (χ1v) is 9.90. The predicted molar refractivity (Wildman–Crippen MR) is 109 cm³/mol. The van der Waals surface area contributed by atoms with E-state index in [9.17, 15) is 14.0 Å². The van der Waals surface area contributed by atoms with E-state index in [2.05, 4.69) is 20.6 Å². The van der Waals surface area contributed by atoms with Gasteiger partial charge < -0.3 is 15.6 Å². The zero-order valence-corrected chi connectivity index (χ0v) is 16.5. The summed E-state index contributed by atoms with van der Waals surface area (Å²) in [6, 6.07) is 4.45. The molecule has 8 heteroatoms. The van der Waals surface area contributed by atoms with Crippen molar-refractivity contribution in [2.45, 2.75) is 51.7 Å². The van der Waals surface area contributed by atoms with E-state index >= 15 is 0 Å². The fourth-order valence-corrected chi connectivity index (χ4v) is 4.01. The lowest BCUT2D eigenvalue weighted by molar-refractivity contribution is 0.0958. The number of H-pyrrole nitrogens is 1. The molecule has 150 valence electrons. The highest BCUT2D eigenvalue weighted by molar-refractivity contribution is 6.01. The summed E-state index contributed by atoms with van der Waals surface area (Å²) in [5, 5.41) is 6.42. The van der Waals surface area contributed by atoms with Gasteiger partial charge in [0.05, 0.1) is 39.5 Å². The Morgan fingerprint density at radius 2 is 2.03 bits per heavy atom. The summed E-state index contributed by atoms with van der Waals surface area (Å²) >= 11 is 0. The van der Waals surface area contributed by atoms with Crippen molar-refractivity contribution >= 4 is 22.8 Å². The molecule has 1 amide bonds. The maximum Gasteiger partial charge on any atom is 0.263 e. The summed E-state index contributed by atoms with van der Waals surface area (Å²) in [7, 11) is 0. The second kappa shape index (κ2) is 6.17. The lowest BCUT2D eigenvalue weighted by Gasteiger charge is -2.17. The zero-order chi connectivity index (χ0) is 20.4. The molecular weight excluding hydrogens is 373 g/mol. The molecule has 1 aromatic carbocycles. The highest BCUT2D eigenvalue weighted by Gasteiger charge is 2.31. The van der Waals surface area contributed by atoms with Crippen LogP contribution in [0.3, 0.4) is 0 Å². The number of nitrogens with one attached hydrogen (secondary N) is 3. The number of nitrogens with zero attached hydrogens (tertiary/aromatic N) is 2. The Morgan fingerprint density at radius 3 is 2.69 bits per heavy atom. The third-order valence-electron chi connectivity index (χ3n) is 5.49. The van der Waals surface area contributed by atoms with Crippen molar-refractivity contribution in [3.8, 4) is 11.3 Å². The molecule has 2 aliphatic rings. The number of aromatic amines is 1. The van der Waals surface area contributed by atoms with Crippen molar-refractivity contribution in [2.75, 3.05) is 5.32 Å². The van der Waals surface area contributed by atoms with Crippen LogP contribution in [-0.4, -0.2) is 26.5 Å². The largest absolute Gasteiger partial charge is 0.356 e. The van der Waals surface area contributed by atoms with Crippen LogP contribution in [0, 0.1) is 5.82 Å². The normalized spacial score (nSPS) is 18.4. The number of carbonyl (C=O) groups excluding carboxylic acids is 1. The maximum absolute atomic E-state index is 15.0. The van der Waals surface area contributed by atoms with Gasteiger partial charge in [0.25, 0.3) is 11.5 Å². The summed E-state index contributed by atoms with van der Waals surface area (Å²) in [5.74, 6) is -0.226. The van der Waals surface area contributed by atoms with E-state index in [0.717, 1.165) is 12.8 Å². The first kappa shape index (κ1) is 17.9. The van der Waals surface area contributed by atoms with Crippen molar-refractivity contribution in [3.05, 3.63) is 45.6 Å². The number of aromatic nitrogens is 3. The standard InChI is InChI=1S/C21H22FN5O2/c1-9(2)23-21-26-18-12(20(29)27(21)11-4-5-11)6-7-14(22)16(18)15-8-13-17(25-15)10(3)24-19(13)28/h6-11,25H,4-5H2,1-3H3,(H,23,26)(H,24,28)/t10-/m1/s1. The Bertz CT molecular complexity index is 1220. The van der Waals surface area contributed by atoms with Crippen LogP contribution in [0.15, 0.2) is 23.0 Å². The first-order chi connectivity index (χ1) is 13.8. The van der Waals surface area contributed by atoms with Crippen molar-refractivity contribution in [1.29, 1.82) is 0 Å². The average molecular weight is 395 g/mol. The smallest absolute Gasteiger partial charge is 0.263 e. The Labute approximate surface area is 166 Å². The summed E-state index contributed by atoms with van der Waals surface area (Å²) in [6.07, 6.45) is 1.87. The number of amides is 1. The van der Waals surface area contributed by atoms with Gasteiger partial charge in [0.2, 0.25) is 5.95 Å². The van der Waals surface area contributed by atoms with E-state index in [-0.39, 0.29) is 35.2 Å². The SMILES string of the molecule is CC(C)Nc1nc2c(-c3cc4c([nH]3)[C@@H](C)NC4=O)c(F)ccc2c(=O)n1C1CC1. The minimum atomic E-state index is -0.489. The molecule has 0 radical (unpaired) electrons. The monoisotopic (exact) mass is 395 g/mol. The summed E-state index contributed by atoms with van der Waals surface area (Å²) < 4.78 is 16.7. The van der Waals surface area contributed by atoms with Gasteiger partial charge in [0, 0.05) is 12.1 Å². The number of halogens is 1. The van der Waals surface area contributed by atoms with Crippen LogP contribution >= 0.6 is 0 Å². The molecule has 1 aliphatic heterocycles. The molecular formula is C21H22FN5O2. The van der Waals surface area contributed by atoms with Crippen molar-refractivity contribution in [3.63, 3.8) is 0 Å². The molecule has 2 aromatic heterocycles. The van der Waals surface area contributed by atoms with Crippen LogP contribution in [0.25, 0.3) is 22.2 Å². The number of hydrogen-bond donors (Lipinski definition) is 3. The Hall–Kier alpha value is -3.16. The Balaban J connectivity index is 1.78. The third-order valence-corrected chi connectivity index (χ3v) is 5.49. The average Bonchev–Trinajstić information content (AvgIpc) is 3.31. The number of fused-ring (bicyclic) bond motifs is 2. The molecule has 29 heavy (non-hydrogen) atoms. The lowest BCUT2D eigenvalue weighted by atomic mass is 10.1. The van der Waals surface area contributed by atoms with Crippen molar-refractivity contribution < 1.29 is 9.18 Å². The van der Waals surface area contributed by atoms with E-state index in [4.69, 9.17) is 0 Å². The molecule has 1 atom stereocenters. The zero-order valence-electron chi connectivity index (χ0n) is 16.5. The van der Waals surface area contributed by atoms with Gasteiger partial charge in [-0.15, -0.1) is 0 Å². The summed E-state index contributed by atoms with van der Waals surface area (Å²) in [5.41, 5.74) is 1.99. The van der Waals surface area contributed by atoms with E-state index in [0.29, 0.717) is 33.8 Å². The van der Waals surface area contributed by atoms with E-state index in [1.165, 1.54) is 12.1 Å². The molecule has 0 unspecified atom stereocenters. The van der Waals surface area contributed by atoms with Crippen LogP contribution in [0.5, 0.6) is 0 Å². The molecule has 3 N–H and O–H groups in total. The number of hydrogen-bond acceptors (Lipinski definition) is 4. The quantitative estimate of drug-likeness (QED) is 0.631. The first-order valence-electron chi connectivity index (χ1n) is 9.90. The van der Waals surface area contributed by atoms with Gasteiger partial charge in [-0.3, -0.25) is 14.2 Å².